The lowest BCUT2D eigenvalue weighted by Gasteiger charge is -2.11. The fraction of sp³-hybridized carbons (Fsp3) is 0. The molecule has 0 saturated carbocycles. The van der Waals surface area contributed by atoms with Crippen molar-refractivity contribution in [3.63, 3.8) is 0 Å². The van der Waals surface area contributed by atoms with Gasteiger partial charge in [-0.3, -0.25) is 0 Å². The molecule has 38 heavy (non-hydrogen) atoms. The molecule has 0 aliphatic carbocycles. The Labute approximate surface area is 217 Å². The van der Waals surface area contributed by atoms with Crippen molar-refractivity contribution in [3.8, 4) is 22.5 Å². The van der Waals surface area contributed by atoms with Crippen LogP contribution in [0.15, 0.2) is 135 Å². The van der Waals surface area contributed by atoms with Crippen LogP contribution in [-0.4, -0.2) is 0 Å². The number of hydrogen-bond acceptors (Lipinski definition) is 3. The van der Waals surface area contributed by atoms with Gasteiger partial charge in [0.25, 0.3) is 0 Å². The molecule has 0 unspecified atom stereocenters. The first-order chi connectivity index (χ1) is 18.7. The minimum absolute atomic E-state index is 0.233. The molecule has 0 N–H and O–H groups in total. The fourth-order valence-corrected chi connectivity index (χ4v) is 5.85. The zero-order chi connectivity index (χ0) is 25.2. The van der Waals surface area contributed by atoms with E-state index < -0.39 is 5.63 Å². The Morgan fingerprint density at radius 1 is 0.395 bits per heavy atom. The van der Waals surface area contributed by atoms with Crippen LogP contribution in [0, 0.1) is 0 Å². The molecular weight excluding hydrogens is 468 g/mol. The molecule has 0 bridgehead atoms. The van der Waals surface area contributed by atoms with Gasteiger partial charge in [-0.25, -0.2) is 4.79 Å². The maximum absolute atomic E-state index is 12.8. The molecule has 0 aliphatic rings. The molecule has 2 heterocycles. The van der Waals surface area contributed by atoms with Crippen LogP contribution >= 0.6 is 0 Å². The van der Waals surface area contributed by atoms with Crippen molar-refractivity contribution < 1.29 is 8.83 Å². The maximum Gasteiger partial charge on any atom is 0.339 e. The van der Waals surface area contributed by atoms with E-state index in [1.54, 1.807) is 6.07 Å². The second-order valence-corrected chi connectivity index (χ2v) is 9.67. The summed E-state index contributed by atoms with van der Waals surface area (Å²) in [6.45, 7) is 0. The largest absolute Gasteiger partial charge is 0.425 e. The average molecular weight is 489 g/mol. The van der Waals surface area contributed by atoms with Gasteiger partial charge in [0.1, 0.15) is 5.76 Å². The zero-order valence-corrected chi connectivity index (χ0v) is 20.3. The van der Waals surface area contributed by atoms with Crippen molar-refractivity contribution >= 4 is 54.3 Å². The van der Waals surface area contributed by atoms with E-state index in [0.717, 1.165) is 54.4 Å². The Bertz CT molecular complexity index is 2270. The number of benzene rings is 6. The van der Waals surface area contributed by atoms with Crippen molar-refractivity contribution in [3.05, 3.63) is 132 Å². The highest BCUT2D eigenvalue weighted by atomic mass is 16.5. The highest BCUT2D eigenvalue weighted by Crippen LogP contribution is 2.41. The lowest BCUT2D eigenvalue weighted by molar-refractivity contribution is 0.456. The summed E-state index contributed by atoms with van der Waals surface area (Å²) in [6, 6.07) is 41.2. The minimum Gasteiger partial charge on any atom is -0.425 e. The summed E-state index contributed by atoms with van der Waals surface area (Å²) in [5, 5.41) is 9.86. The lowest BCUT2D eigenvalue weighted by Crippen LogP contribution is -1.97. The minimum atomic E-state index is -0.436. The molecular formula is C35H20O3. The molecule has 178 valence electrons. The lowest BCUT2D eigenvalue weighted by atomic mass is 9.92. The van der Waals surface area contributed by atoms with Crippen LogP contribution in [0.25, 0.3) is 76.7 Å². The molecule has 8 aromatic rings. The molecule has 8 rings (SSSR count). The summed E-state index contributed by atoms with van der Waals surface area (Å²) in [5.41, 5.74) is 2.31. The van der Waals surface area contributed by atoms with Gasteiger partial charge in [0.15, 0.2) is 0 Å². The Morgan fingerprint density at radius 3 is 1.50 bits per heavy atom. The number of fused-ring (bicyclic) bond motifs is 7. The van der Waals surface area contributed by atoms with Gasteiger partial charge in [0.05, 0.1) is 5.39 Å². The van der Waals surface area contributed by atoms with Gasteiger partial charge in [-0.1, -0.05) is 97.1 Å². The molecule has 0 aliphatic heterocycles. The van der Waals surface area contributed by atoms with Crippen LogP contribution in [0.4, 0.5) is 0 Å². The predicted octanol–water partition coefficient (Wildman–Crippen LogP) is 9.33. The van der Waals surface area contributed by atoms with Crippen molar-refractivity contribution in [2.45, 2.75) is 0 Å². The highest BCUT2D eigenvalue weighted by Gasteiger charge is 2.19. The zero-order valence-electron chi connectivity index (χ0n) is 20.3. The Hall–Kier alpha value is -5.15. The van der Waals surface area contributed by atoms with Crippen molar-refractivity contribution in [1.29, 1.82) is 0 Å². The standard InChI is InChI=1S/C35H20O3/c36-34-20-30(29-17-21-9-1-3-11-23(21)25-13-5-7-15-27(25)29)32-19-33(37-35(32)38-34)31-18-22-10-2-4-12-24(22)26-14-6-8-16-28(26)31/h1-20H. The van der Waals surface area contributed by atoms with Gasteiger partial charge in [0, 0.05) is 17.2 Å². The van der Waals surface area contributed by atoms with Gasteiger partial charge in [-0.05, 0) is 66.9 Å². The summed E-state index contributed by atoms with van der Waals surface area (Å²) in [5.74, 6) is 0.902. The summed E-state index contributed by atoms with van der Waals surface area (Å²) in [7, 11) is 0. The summed E-state index contributed by atoms with van der Waals surface area (Å²) in [4.78, 5) is 12.8. The van der Waals surface area contributed by atoms with Gasteiger partial charge in [-0.2, -0.15) is 0 Å². The van der Waals surface area contributed by atoms with E-state index in [2.05, 4.69) is 78.9 Å². The van der Waals surface area contributed by atoms with Crippen LogP contribution in [0.3, 0.4) is 0 Å². The predicted molar refractivity (Wildman–Crippen MR) is 156 cm³/mol. The van der Waals surface area contributed by atoms with Crippen LogP contribution in [0.5, 0.6) is 0 Å². The van der Waals surface area contributed by atoms with E-state index in [-0.39, 0.29) is 5.78 Å². The average Bonchev–Trinajstić information content (AvgIpc) is 3.40. The third-order valence-corrected chi connectivity index (χ3v) is 7.54. The third kappa shape index (κ3) is 3.06. The smallest absolute Gasteiger partial charge is 0.339 e. The molecule has 0 saturated heterocycles. The topological polar surface area (TPSA) is 43.4 Å². The molecule has 0 spiro atoms. The van der Waals surface area contributed by atoms with Gasteiger partial charge in [-0.15, -0.1) is 0 Å². The van der Waals surface area contributed by atoms with Gasteiger partial charge >= 0.3 is 11.4 Å². The van der Waals surface area contributed by atoms with Crippen LogP contribution in [0.2, 0.25) is 0 Å². The van der Waals surface area contributed by atoms with Gasteiger partial charge in [0.2, 0.25) is 0 Å². The van der Waals surface area contributed by atoms with Crippen molar-refractivity contribution in [2.75, 3.05) is 0 Å². The normalized spacial score (nSPS) is 11.8. The van der Waals surface area contributed by atoms with Crippen LogP contribution in [0.1, 0.15) is 0 Å². The first-order valence-electron chi connectivity index (χ1n) is 12.6. The summed E-state index contributed by atoms with van der Waals surface area (Å²) >= 11 is 0. The number of rotatable bonds is 2. The Morgan fingerprint density at radius 2 is 0.868 bits per heavy atom. The molecule has 0 fully saturated rings. The van der Waals surface area contributed by atoms with Gasteiger partial charge < -0.3 is 8.83 Å². The molecule has 3 nitrogen and oxygen atoms in total. The summed E-state index contributed by atoms with van der Waals surface area (Å²) in [6.07, 6.45) is 0. The Balaban J connectivity index is 1.45. The quantitative estimate of drug-likeness (QED) is 0.228. The first kappa shape index (κ1) is 21.0. The van der Waals surface area contributed by atoms with Crippen LogP contribution in [-0.2, 0) is 0 Å². The number of hydrogen-bond donors (Lipinski definition) is 0. The van der Waals surface area contributed by atoms with Crippen molar-refractivity contribution in [2.24, 2.45) is 0 Å². The maximum atomic E-state index is 12.8. The molecule has 0 atom stereocenters. The highest BCUT2D eigenvalue weighted by molar-refractivity contribution is 6.17. The van der Waals surface area contributed by atoms with E-state index in [1.807, 2.05) is 36.4 Å². The van der Waals surface area contributed by atoms with E-state index in [0.29, 0.717) is 5.76 Å². The molecule has 0 amide bonds. The van der Waals surface area contributed by atoms with E-state index in [9.17, 15) is 4.79 Å². The molecule has 0 radical (unpaired) electrons. The first-order valence-corrected chi connectivity index (χ1v) is 12.6. The van der Waals surface area contributed by atoms with Crippen LogP contribution < -0.4 is 5.63 Å². The van der Waals surface area contributed by atoms with E-state index in [1.165, 1.54) is 10.8 Å². The Kier molecular flexibility index (Phi) is 4.38. The second kappa shape index (κ2) is 7.92. The summed E-state index contributed by atoms with van der Waals surface area (Å²) < 4.78 is 11.9. The SMILES string of the molecule is O=c1cc(-c2cc3ccccc3c3ccccc23)c2cc(-c3cc4ccccc4c4ccccc34)oc2o1. The second-order valence-electron chi connectivity index (χ2n) is 9.67. The van der Waals surface area contributed by atoms with E-state index >= 15 is 0 Å². The third-order valence-electron chi connectivity index (χ3n) is 7.54. The molecule has 2 aromatic heterocycles. The fourth-order valence-electron chi connectivity index (χ4n) is 5.85. The number of furan rings is 1. The molecule has 6 aromatic carbocycles. The van der Waals surface area contributed by atoms with Crippen molar-refractivity contribution in [1.82, 2.24) is 0 Å². The molecule has 3 heteroatoms. The monoisotopic (exact) mass is 488 g/mol. The van der Waals surface area contributed by atoms with E-state index in [4.69, 9.17) is 8.83 Å².